The van der Waals surface area contributed by atoms with Gasteiger partial charge in [0.05, 0.1) is 25.0 Å². The lowest BCUT2D eigenvalue weighted by Crippen LogP contribution is -2.48. The van der Waals surface area contributed by atoms with Crippen molar-refractivity contribution in [3.63, 3.8) is 0 Å². The molecule has 1 saturated carbocycles. The fraction of sp³-hybridized carbons (Fsp3) is 0.571. The van der Waals surface area contributed by atoms with E-state index in [1.54, 1.807) is 19.2 Å². The van der Waals surface area contributed by atoms with Crippen LogP contribution < -0.4 is 5.32 Å². The molecule has 6 nitrogen and oxygen atoms in total. The summed E-state index contributed by atoms with van der Waals surface area (Å²) in [7, 11) is 1.54. The van der Waals surface area contributed by atoms with Crippen molar-refractivity contribution in [1.82, 2.24) is 10.2 Å². The van der Waals surface area contributed by atoms with Gasteiger partial charge in [-0.05, 0) is 25.0 Å². The molecule has 6 heteroatoms. The van der Waals surface area contributed by atoms with Crippen LogP contribution in [0.25, 0.3) is 0 Å². The molecule has 1 heterocycles. The second kappa shape index (κ2) is 6.56. The van der Waals surface area contributed by atoms with Crippen molar-refractivity contribution in [2.75, 3.05) is 13.6 Å². The summed E-state index contributed by atoms with van der Waals surface area (Å²) in [5.74, 6) is -0.398. The number of carbonyl (C=O) groups is 2. The maximum Gasteiger partial charge on any atom is 0.289 e. The van der Waals surface area contributed by atoms with Gasteiger partial charge in [-0.1, -0.05) is 12.8 Å². The van der Waals surface area contributed by atoms with Crippen LogP contribution in [0.1, 0.15) is 36.2 Å². The molecule has 2 rings (SSSR count). The number of likely N-dealkylation sites (N-methyl/N-ethyl adjacent to an activating group) is 1. The Labute approximate surface area is 117 Å². The average molecular weight is 280 g/mol. The third-order valence-corrected chi connectivity index (χ3v) is 3.54. The summed E-state index contributed by atoms with van der Waals surface area (Å²) in [5.41, 5.74) is 0. The lowest BCUT2D eigenvalue weighted by molar-refractivity contribution is -0.123. The molecule has 1 fully saturated rings. The molecule has 1 aliphatic carbocycles. The predicted molar refractivity (Wildman–Crippen MR) is 72.1 cm³/mol. The highest BCUT2D eigenvalue weighted by Crippen LogP contribution is 2.18. The van der Waals surface area contributed by atoms with E-state index in [-0.39, 0.29) is 30.2 Å². The van der Waals surface area contributed by atoms with Gasteiger partial charge in [0.15, 0.2) is 5.76 Å². The number of hydrogen-bond acceptors (Lipinski definition) is 4. The lowest BCUT2D eigenvalue weighted by atomic mass is 9.92. The Morgan fingerprint density at radius 2 is 2.20 bits per heavy atom. The SMILES string of the molecule is CN(CC(=O)N[C@H]1CCCC[C@@H]1O)C(=O)c1ccco1. The third kappa shape index (κ3) is 3.60. The average Bonchev–Trinajstić information content (AvgIpc) is 2.94. The Kier molecular flexibility index (Phi) is 4.79. The van der Waals surface area contributed by atoms with Crippen LogP contribution in [0.15, 0.2) is 22.8 Å². The maximum absolute atomic E-state index is 11.9. The highest BCUT2D eigenvalue weighted by Gasteiger charge is 2.25. The van der Waals surface area contributed by atoms with E-state index in [1.165, 1.54) is 11.2 Å². The topological polar surface area (TPSA) is 82.8 Å². The molecule has 0 aromatic carbocycles. The van der Waals surface area contributed by atoms with Crippen LogP contribution in [0.3, 0.4) is 0 Å². The van der Waals surface area contributed by atoms with Crippen molar-refractivity contribution in [3.05, 3.63) is 24.2 Å². The van der Waals surface area contributed by atoms with Gasteiger partial charge in [0.1, 0.15) is 0 Å². The van der Waals surface area contributed by atoms with Crippen molar-refractivity contribution < 1.29 is 19.1 Å². The van der Waals surface area contributed by atoms with Gasteiger partial charge in [-0.3, -0.25) is 9.59 Å². The summed E-state index contributed by atoms with van der Waals surface area (Å²) in [6.07, 6.45) is 4.42. The quantitative estimate of drug-likeness (QED) is 0.853. The smallest absolute Gasteiger partial charge is 0.289 e. The summed E-state index contributed by atoms with van der Waals surface area (Å²) in [6, 6.07) is 2.98. The maximum atomic E-state index is 11.9. The number of aliphatic hydroxyl groups excluding tert-OH is 1. The minimum atomic E-state index is -0.487. The Bertz CT molecular complexity index is 458. The van der Waals surface area contributed by atoms with E-state index >= 15 is 0 Å². The second-order valence-corrected chi connectivity index (χ2v) is 5.16. The van der Waals surface area contributed by atoms with Gasteiger partial charge < -0.3 is 19.7 Å². The van der Waals surface area contributed by atoms with Crippen molar-refractivity contribution in [2.24, 2.45) is 0 Å². The van der Waals surface area contributed by atoms with Gasteiger partial charge in [0.25, 0.3) is 5.91 Å². The standard InChI is InChI=1S/C14H20N2O4/c1-16(14(19)12-7-4-8-20-12)9-13(18)15-10-5-2-3-6-11(10)17/h4,7-8,10-11,17H,2-3,5-6,9H2,1H3,(H,15,18)/t10-,11-/m0/s1. The molecule has 1 aromatic rings. The van der Waals surface area contributed by atoms with E-state index in [9.17, 15) is 14.7 Å². The van der Waals surface area contributed by atoms with Crippen LogP contribution in [0.5, 0.6) is 0 Å². The van der Waals surface area contributed by atoms with Crippen LogP contribution in [-0.4, -0.2) is 47.6 Å². The molecular weight excluding hydrogens is 260 g/mol. The summed E-state index contributed by atoms with van der Waals surface area (Å²) in [4.78, 5) is 25.1. The minimum Gasteiger partial charge on any atom is -0.459 e. The van der Waals surface area contributed by atoms with Crippen LogP contribution >= 0.6 is 0 Å². The molecule has 2 amide bonds. The summed E-state index contributed by atoms with van der Waals surface area (Å²) in [6.45, 7) is -0.0528. The van der Waals surface area contributed by atoms with Crippen molar-refractivity contribution >= 4 is 11.8 Å². The molecule has 20 heavy (non-hydrogen) atoms. The zero-order valence-corrected chi connectivity index (χ0v) is 11.5. The summed E-state index contributed by atoms with van der Waals surface area (Å²) >= 11 is 0. The number of carbonyl (C=O) groups excluding carboxylic acids is 2. The van der Waals surface area contributed by atoms with E-state index in [1.807, 2.05) is 0 Å². The normalized spacial score (nSPS) is 22.3. The zero-order valence-electron chi connectivity index (χ0n) is 11.5. The highest BCUT2D eigenvalue weighted by atomic mass is 16.3. The van der Waals surface area contributed by atoms with Crippen molar-refractivity contribution in [2.45, 2.75) is 37.8 Å². The minimum absolute atomic E-state index is 0.0528. The van der Waals surface area contributed by atoms with E-state index in [4.69, 9.17) is 4.42 Å². The van der Waals surface area contributed by atoms with E-state index in [0.29, 0.717) is 6.42 Å². The Morgan fingerprint density at radius 1 is 1.45 bits per heavy atom. The first-order valence-corrected chi connectivity index (χ1v) is 6.84. The number of amides is 2. The number of rotatable bonds is 4. The van der Waals surface area contributed by atoms with Crippen LogP contribution in [0.4, 0.5) is 0 Å². The van der Waals surface area contributed by atoms with Crippen molar-refractivity contribution in [3.8, 4) is 0 Å². The Hall–Kier alpha value is -1.82. The first kappa shape index (κ1) is 14.6. The summed E-state index contributed by atoms with van der Waals surface area (Å²) in [5, 5.41) is 12.6. The monoisotopic (exact) mass is 280 g/mol. The molecule has 1 aliphatic rings. The molecule has 0 unspecified atom stereocenters. The Balaban J connectivity index is 1.83. The first-order chi connectivity index (χ1) is 9.58. The van der Waals surface area contributed by atoms with Crippen LogP contribution in [-0.2, 0) is 4.79 Å². The molecule has 0 saturated heterocycles. The second-order valence-electron chi connectivity index (χ2n) is 5.16. The molecular formula is C14H20N2O4. The summed E-state index contributed by atoms with van der Waals surface area (Å²) < 4.78 is 5.00. The number of nitrogens with zero attached hydrogens (tertiary/aromatic N) is 1. The first-order valence-electron chi connectivity index (χ1n) is 6.84. The van der Waals surface area contributed by atoms with Gasteiger partial charge in [0.2, 0.25) is 5.91 Å². The number of hydrogen-bond donors (Lipinski definition) is 2. The van der Waals surface area contributed by atoms with Gasteiger partial charge in [-0.2, -0.15) is 0 Å². The lowest BCUT2D eigenvalue weighted by Gasteiger charge is -2.29. The van der Waals surface area contributed by atoms with Crippen LogP contribution in [0, 0.1) is 0 Å². The number of nitrogens with one attached hydrogen (secondary N) is 1. The van der Waals surface area contributed by atoms with E-state index in [0.717, 1.165) is 19.3 Å². The molecule has 0 aliphatic heterocycles. The molecule has 0 radical (unpaired) electrons. The number of furan rings is 1. The predicted octanol–water partition coefficient (Wildman–Crippen LogP) is 0.771. The molecule has 2 N–H and O–H groups in total. The molecule has 0 bridgehead atoms. The van der Waals surface area contributed by atoms with Gasteiger partial charge >= 0.3 is 0 Å². The van der Waals surface area contributed by atoms with E-state index in [2.05, 4.69) is 5.32 Å². The molecule has 110 valence electrons. The van der Waals surface area contributed by atoms with Gasteiger partial charge in [-0.15, -0.1) is 0 Å². The highest BCUT2D eigenvalue weighted by molar-refractivity contribution is 5.94. The molecule has 1 aromatic heterocycles. The van der Waals surface area contributed by atoms with Crippen LogP contribution in [0.2, 0.25) is 0 Å². The molecule has 2 atom stereocenters. The zero-order chi connectivity index (χ0) is 14.5. The fourth-order valence-electron chi connectivity index (χ4n) is 2.41. The van der Waals surface area contributed by atoms with Crippen molar-refractivity contribution in [1.29, 1.82) is 0 Å². The third-order valence-electron chi connectivity index (χ3n) is 3.54. The fourth-order valence-corrected chi connectivity index (χ4v) is 2.41. The van der Waals surface area contributed by atoms with Gasteiger partial charge in [-0.25, -0.2) is 0 Å². The largest absolute Gasteiger partial charge is 0.459 e. The molecule has 0 spiro atoms. The van der Waals surface area contributed by atoms with Gasteiger partial charge in [0, 0.05) is 7.05 Å². The Morgan fingerprint density at radius 3 is 2.85 bits per heavy atom. The van der Waals surface area contributed by atoms with E-state index < -0.39 is 6.10 Å². The number of aliphatic hydroxyl groups is 1.